The molecule has 0 radical (unpaired) electrons. The van der Waals surface area contributed by atoms with Gasteiger partial charge in [0.1, 0.15) is 0 Å². The number of rotatable bonds is 0. The topological polar surface area (TPSA) is 43.3 Å². The van der Waals surface area contributed by atoms with Crippen molar-refractivity contribution >= 4 is 23.7 Å². The standard InChI is InChI=1S/ClHO.ClO.Na/c2*1-2;/h2H;;/q;-1;+1. The van der Waals surface area contributed by atoms with Crippen molar-refractivity contribution in [2.45, 2.75) is 0 Å². The van der Waals surface area contributed by atoms with Crippen molar-refractivity contribution in [2.75, 3.05) is 0 Å². The predicted octanol–water partition coefficient (Wildman–Crippen LogP) is -3.36. The molecular weight excluding hydrogens is 126 g/mol. The Hall–Kier alpha value is 1.50. The van der Waals surface area contributed by atoms with Gasteiger partial charge in [0.2, 0.25) is 0 Å². The molecule has 0 bridgehead atoms. The second-order valence-corrected chi connectivity index (χ2v) is 0. The van der Waals surface area contributed by atoms with Crippen molar-refractivity contribution in [1.82, 2.24) is 0 Å². The van der Waals surface area contributed by atoms with E-state index in [0.717, 1.165) is 0 Å². The van der Waals surface area contributed by atoms with Crippen LogP contribution >= 0.6 is 23.7 Å². The van der Waals surface area contributed by atoms with E-state index >= 15 is 0 Å². The Kier molecular flexibility index (Phi) is 159. The van der Waals surface area contributed by atoms with E-state index in [-0.39, 0.29) is 29.6 Å². The summed E-state index contributed by atoms with van der Waals surface area (Å²) >= 11 is 7.03. The SMILES string of the molecule is OCl.[Na+].[O-]Cl. The molecule has 0 saturated heterocycles. The summed E-state index contributed by atoms with van der Waals surface area (Å²) in [6.45, 7) is 0. The number of hydrogen-bond acceptors (Lipinski definition) is 2. The van der Waals surface area contributed by atoms with Gasteiger partial charge < -0.3 is 4.66 Å². The zero-order valence-electron chi connectivity index (χ0n) is 2.61. The van der Waals surface area contributed by atoms with Crippen LogP contribution in [0.15, 0.2) is 0 Å². The van der Waals surface area contributed by atoms with Crippen molar-refractivity contribution in [3.05, 3.63) is 0 Å². The molecular formula is HCl2NaO2. The maximum Gasteiger partial charge on any atom is 1.00 e. The van der Waals surface area contributed by atoms with E-state index in [1.54, 1.807) is 0 Å². The van der Waals surface area contributed by atoms with Crippen LogP contribution < -0.4 is 34.2 Å². The minimum atomic E-state index is 0. The molecule has 0 aliphatic rings. The molecule has 28 valence electrons. The summed E-state index contributed by atoms with van der Waals surface area (Å²) in [5.74, 6) is 0. The Morgan fingerprint density at radius 2 is 1.20 bits per heavy atom. The van der Waals surface area contributed by atoms with Crippen molar-refractivity contribution in [3.8, 4) is 0 Å². The molecule has 0 aromatic heterocycles. The predicted molar refractivity (Wildman–Crippen MR) is 13.9 cm³/mol. The summed E-state index contributed by atoms with van der Waals surface area (Å²) in [7, 11) is 0. The molecule has 2 nitrogen and oxygen atoms in total. The summed E-state index contributed by atoms with van der Waals surface area (Å²) in [4.78, 5) is 0. The molecule has 0 rings (SSSR count). The first kappa shape index (κ1) is 16.1. The summed E-state index contributed by atoms with van der Waals surface area (Å²) in [6.07, 6.45) is 0. The fourth-order valence-corrected chi connectivity index (χ4v) is 0. The molecule has 5 heteroatoms. The van der Waals surface area contributed by atoms with Crippen LogP contribution in [-0.2, 0) is 0 Å². The zero-order valence-corrected chi connectivity index (χ0v) is 6.12. The second-order valence-electron chi connectivity index (χ2n) is 0. The quantitative estimate of drug-likeness (QED) is 0.345. The van der Waals surface area contributed by atoms with Crippen LogP contribution in [0.5, 0.6) is 0 Å². The largest absolute Gasteiger partial charge is 1.00 e. The van der Waals surface area contributed by atoms with Gasteiger partial charge in [0.15, 0.2) is 0 Å². The normalized spacial score (nSPS) is 2.40. The van der Waals surface area contributed by atoms with E-state index in [4.69, 9.17) is 9.32 Å². The number of halogens is 2. The second kappa shape index (κ2) is 49.5. The van der Waals surface area contributed by atoms with Crippen molar-refractivity contribution in [1.29, 1.82) is 0 Å². The van der Waals surface area contributed by atoms with Crippen molar-refractivity contribution < 1.29 is 38.9 Å². The third-order valence-corrected chi connectivity index (χ3v) is 0. The molecule has 0 aromatic rings. The van der Waals surface area contributed by atoms with E-state index in [9.17, 15) is 0 Å². The molecule has 0 aliphatic carbocycles. The minimum absolute atomic E-state index is 0. The Morgan fingerprint density at radius 3 is 1.20 bits per heavy atom. The molecule has 0 amide bonds. The zero-order chi connectivity index (χ0) is 4.00. The van der Waals surface area contributed by atoms with Crippen molar-refractivity contribution in [3.63, 3.8) is 0 Å². The van der Waals surface area contributed by atoms with Crippen LogP contribution in [0, 0.1) is 0 Å². The maximum atomic E-state index is 7.72. The van der Waals surface area contributed by atoms with Gasteiger partial charge in [-0.05, 0) is 0 Å². The van der Waals surface area contributed by atoms with Crippen LogP contribution in [0.1, 0.15) is 0 Å². The van der Waals surface area contributed by atoms with Crippen molar-refractivity contribution in [2.24, 2.45) is 0 Å². The van der Waals surface area contributed by atoms with Gasteiger partial charge in [-0.25, -0.2) is 11.9 Å². The van der Waals surface area contributed by atoms with Gasteiger partial charge in [0, 0.05) is 0 Å². The van der Waals surface area contributed by atoms with Crippen LogP contribution in [0.4, 0.5) is 0 Å². The average Bonchev–Trinajstić information content (AvgIpc) is 1.50. The van der Waals surface area contributed by atoms with E-state index < -0.39 is 0 Å². The molecule has 0 fully saturated rings. The molecule has 0 saturated carbocycles. The van der Waals surface area contributed by atoms with E-state index in [2.05, 4.69) is 23.7 Å². The van der Waals surface area contributed by atoms with E-state index in [0.29, 0.717) is 0 Å². The smallest absolute Gasteiger partial charge is 0.769 e. The van der Waals surface area contributed by atoms with Gasteiger partial charge in [-0.1, -0.05) is 0 Å². The molecule has 0 unspecified atom stereocenters. The number of hydrogen-bond donors (Lipinski definition) is 1. The van der Waals surface area contributed by atoms with Crippen LogP contribution in [0.2, 0.25) is 0 Å². The first-order chi connectivity index (χ1) is 2.00. The average molecular weight is 127 g/mol. The summed E-state index contributed by atoms with van der Waals surface area (Å²) in [5.41, 5.74) is 0. The monoisotopic (exact) mass is 126 g/mol. The summed E-state index contributed by atoms with van der Waals surface area (Å²) < 4.78 is 14.2. The molecule has 1 N–H and O–H groups in total. The van der Waals surface area contributed by atoms with Crippen LogP contribution in [0.3, 0.4) is 0 Å². The fourth-order valence-electron chi connectivity index (χ4n) is 0. The first-order valence-electron chi connectivity index (χ1n) is 0.323. The minimum Gasteiger partial charge on any atom is -0.769 e. The Morgan fingerprint density at radius 1 is 1.20 bits per heavy atom. The van der Waals surface area contributed by atoms with Gasteiger partial charge in [0.25, 0.3) is 0 Å². The van der Waals surface area contributed by atoms with Gasteiger partial charge in [0.05, 0.1) is 11.9 Å². The van der Waals surface area contributed by atoms with Crippen LogP contribution in [-0.4, -0.2) is 4.66 Å². The van der Waals surface area contributed by atoms with Gasteiger partial charge >= 0.3 is 29.6 Å². The molecule has 5 heavy (non-hydrogen) atoms. The Balaban J connectivity index is -0.0000000133. The van der Waals surface area contributed by atoms with Gasteiger partial charge in [-0.15, -0.1) is 0 Å². The molecule has 0 aliphatic heterocycles. The van der Waals surface area contributed by atoms with Gasteiger partial charge in [-0.2, -0.15) is 0 Å². The Labute approximate surface area is 62.3 Å². The fraction of sp³-hybridized carbons (Fsp3) is 0. The van der Waals surface area contributed by atoms with E-state index in [1.807, 2.05) is 0 Å². The van der Waals surface area contributed by atoms with Gasteiger partial charge in [-0.3, -0.25) is 4.66 Å². The molecule has 0 aromatic carbocycles. The molecule has 0 heterocycles. The summed E-state index contributed by atoms with van der Waals surface area (Å²) in [5, 5.41) is 0. The van der Waals surface area contributed by atoms with E-state index in [1.165, 1.54) is 0 Å². The van der Waals surface area contributed by atoms with Crippen LogP contribution in [0.25, 0.3) is 0 Å². The first-order valence-corrected chi connectivity index (χ1v) is 0.970. The maximum absolute atomic E-state index is 7.72. The third-order valence-electron chi connectivity index (χ3n) is 0. The molecule has 0 atom stereocenters. The molecule has 0 spiro atoms. The summed E-state index contributed by atoms with van der Waals surface area (Å²) in [6, 6.07) is 0. The third kappa shape index (κ3) is 29.9. The Bertz CT molecular complexity index is 7.61.